The van der Waals surface area contributed by atoms with Crippen molar-refractivity contribution in [3.05, 3.63) is 70.8 Å². The van der Waals surface area contributed by atoms with Crippen molar-refractivity contribution in [1.29, 1.82) is 0 Å². The Labute approximate surface area is 147 Å². The highest BCUT2D eigenvalue weighted by Crippen LogP contribution is 2.29. The Kier molecular flexibility index (Phi) is 5.33. The fourth-order valence-electron chi connectivity index (χ4n) is 3.17. The maximum absolute atomic E-state index is 12.2. The minimum atomic E-state index is -0.367. The molecule has 1 unspecified atom stereocenters. The second-order valence-corrected chi connectivity index (χ2v) is 6.16. The van der Waals surface area contributed by atoms with Crippen LogP contribution in [0.15, 0.2) is 48.5 Å². The molecule has 25 heavy (non-hydrogen) atoms. The molecule has 3 rings (SSSR count). The quantitative estimate of drug-likeness (QED) is 0.840. The van der Waals surface area contributed by atoms with Crippen LogP contribution in [-0.4, -0.2) is 19.1 Å². The lowest BCUT2D eigenvalue weighted by Gasteiger charge is -2.26. The number of amides is 2. The standard InChI is InChI=1S/C20H22N2O3/c1-25-19(23)16-11-9-14(10-12-16)13-21-20(24)22-18-8-4-6-15-5-2-3-7-17(15)18/h2-3,5,7,9-12,18H,4,6,8,13H2,1H3,(H2,21,22,24). The van der Waals surface area contributed by atoms with Gasteiger partial charge in [-0.1, -0.05) is 36.4 Å². The SMILES string of the molecule is COC(=O)c1ccc(CNC(=O)NC2CCCc3ccccc32)cc1. The minimum Gasteiger partial charge on any atom is -0.465 e. The van der Waals surface area contributed by atoms with Gasteiger partial charge >= 0.3 is 12.0 Å². The molecule has 1 aliphatic rings. The Balaban J connectivity index is 1.54. The molecule has 0 saturated carbocycles. The smallest absolute Gasteiger partial charge is 0.337 e. The van der Waals surface area contributed by atoms with Gasteiger partial charge in [-0.15, -0.1) is 0 Å². The van der Waals surface area contributed by atoms with E-state index >= 15 is 0 Å². The molecule has 5 heteroatoms. The van der Waals surface area contributed by atoms with Gasteiger partial charge in [-0.2, -0.15) is 0 Å². The first kappa shape index (κ1) is 17.0. The molecule has 0 spiro atoms. The van der Waals surface area contributed by atoms with Gasteiger partial charge in [0.2, 0.25) is 0 Å². The maximum atomic E-state index is 12.2. The minimum absolute atomic E-state index is 0.0617. The highest BCUT2D eigenvalue weighted by Gasteiger charge is 2.21. The number of methoxy groups -OCH3 is 1. The highest BCUT2D eigenvalue weighted by molar-refractivity contribution is 5.89. The number of carbonyl (C=O) groups is 2. The molecule has 0 saturated heterocycles. The van der Waals surface area contributed by atoms with Crippen LogP contribution >= 0.6 is 0 Å². The molecule has 5 nitrogen and oxygen atoms in total. The van der Waals surface area contributed by atoms with Crippen LogP contribution in [0.5, 0.6) is 0 Å². The van der Waals surface area contributed by atoms with Gasteiger partial charge in [0.05, 0.1) is 18.7 Å². The Hall–Kier alpha value is -2.82. The van der Waals surface area contributed by atoms with Crippen LogP contribution in [0.25, 0.3) is 0 Å². The molecule has 0 heterocycles. The molecule has 130 valence electrons. The second kappa shape index (κ2) is 7.83. The van der Waals surface area contributed by atoms with Crippen molar-refractivity contribution >= 4 is 12.0 Å². The van der Waals surface area contributed by atoms with Crippen molar-refractivity contribution in [2.24, 2.45) is 0 Å². The number of fused-ring (bicyclic) bond motifs is 1. The Morgan fingerprint density at radius 3 is 2.64 bits per heavy atom. The van der Waals surface area contributed by atoms with Crippen molar-refractivity contribution in [2.45, 2.75) is 31.8 Å². The van der Waals surface area contributed by atoms with Gasteiger partial charge in [-0.3, -0.25) is 0 Å². The van der Waals surface area contributed by atoms with Crippen LogP contribution in [-0.2, 0) is 17.7 Å². The molecule has 0 fully saturated rings. The maximum Gasteiger partial charge on any atom is 0.337 e. The molecular weight excluding hydrogens is 316 g/mol. The van der Waals surface area contributed by atoms with Crippen molar-refractivity contribution in [3.8, 4) is 0 Å². The molecule has 2 N–H and O–H groups in total. The number of benzene rings is 2. The second-order valence-electron chi connectivity index (χ2n) is 6.16. The lowest BCUT2D eigenvalue weighted by molar-refractivity contribution is 0.0600. The number of hydrogen-bond donors (Lipinski definition) is 2. The first-order chi connectivity index (χ1) is 12.2. The summed E-state index contributed by atoms with van der Waals surface area (Å²) in [6.45, 7) is 0.404. The predicted molar refractivity (Wildman–Crippen MR) is 95.3 cm³/mol. The average Bonchev–Trinajstić information content (AvgIpc) is 2.66. The van der Waals surface area contributed by atoms with Crippen LogP contribution in [0.4, 0.5) is 4.79 Å². The zero-order valence-corrected chi connectivity index (χ0v) is 14.2. The number of rotatable bonds is 4. The van der Waals surface area contributed by atoms with Gasteiger partial charge in [0.25, 0.3) is 0 Å². The van der Waals surface area contributed by atoms with E-state index in [4.69, 9.17) is 0 Å². The van der Waals surface area contributed by atoms with Crippen LogP contribution in [0.3, 0.4) is 0 Å². The molecule has 2 aromatic carbocycles. The van der Waals surface area contributed by atoms with E-state index in [1.165, 1.54) is 18.2 Å². The highest BCUT2D eigenvalue weighted by atomic mass is 16.5. The third-order valence-corrected chi connectivity index (χ3v) is 4.50. The van der Waals surface area contributed by atoms with Crippen LogP contribution in [0.1, 0.15) is 45.9 Å². The summed E-state index contributed by atoms with van der Waals surface area (Å²) in [4.78, 5) is 23.6. The third kappa shape index (κ3) is 4.18. The summed E-state index contributed by atoms with van der Waals surface area (Å²) >= 11 is 0. The van der Waals surface area contributed by atoms with Gasteiger partial charge in [-0.25, -0.2) is 9.59 Å². The van der Waals surface area contributed by atoms with Crippen molar-refractivity contribution in [2.75, 3.05) is 7.11 Å². The zero-order valence-electron chi connectivity index (χ0n) is 14.2. The predicted octanol–water partition coefficient (Wildman–Crippen LogP) is 3.35. The van der Waals surface area contributed by atoms with Crippen LogP contribution in [0, 0.1) is 0 Å². The first-order valence-electron chi connectivity index (χ1n) is 8.47. The Morgan fingerprint density at radius 2 is 1.88 bits per heavy atom. The molecule has 1 aliphatic carbocycles. The molecule has 0 bridgehead atoms. The number of nitrogens with one attached hydrogen (secondary N) is 2. The monoisotopic (exact) mass is 338 g/mol. The number of aryl methyl sites for hydroxylation is 1. The Bertz CT molecular complexity index is 756. The van der Waals surface area contributed by atoms with Crippen molar-refractivity contribution in [3.63, 3.8) is 0 Å². The lowest BCUT2D eigenvalue weighted by atomic mass is 9.88. The van der Waals surface area contributed by atoms with Crippen LogP contribution < -0.4 is 10.6 Å². The largest absolute Gasteiger partial charge is 0.465 e. The summed E-state index contributed by atoms with van der Waals surface area (Å²) in [5.74, 6) is -0.367. The van der Waals surface area contributed by atoms with E-state index in [0.29, 0.717) is 12.1 Å². The normalized spacial score (nSPS) is 15.8. The summed E-state index contributed by atoms with van der Waals surface area (Å²) in [6, 6.07) is 15.2. The molecular formula is C20H22N2O3. The van der Waals surface area contributed by atoms with E-state index in [1.807, 2.05) is 24.3 Å². The molecule has 2 amide bonds. The van der Waals surface area contributed by atoms with Gasteiger partial charge < -0.3 is 15.4 Å². The van der Waals surface area contributed by atoms with E-state index in [-0.39, 0.29) is 18.0 Å². The number of hydrogen-bond acceptors (Lipinski definition) is 3. The number of ether oxygens (including phenoxy) is 1. The fraction of sp³-hybridized carbons (Fsp3) is 0.300. The Morgan fingerprint density at radius 1 is 1.12 bits per heavy atom. The molecule has 0 radical (unpaired) electrons. The van der Waals surface area contributed by atoms with E-state index in [2.05, 4.69) is 27.5 Å². The topological polar surface area (TPSA) is 67.4 Å². The van der Waals surface area contributed by atoms with Gasteiger partial charge in [0.1, 0.15) is 0 Å². The molecule has 1 atom stereocenters. The van der Waals surface area contributed by atoms with Crippen molar-refractivity contribution in [1.82, 2.24) is 10.6 Å². The summed E-state index contributed by atoms with van der Waals surface area (Å²) in [5, 5.41) is 5.93. The third-order valence-electron chi connectivity index (χ3n) is 4.50. The van der Waals surface area contributed by atoms with E-state index in [9.17, 15) is 9.59 Å². The number of esters is 1. The molecule has 0 aromatic heterocycles. The number of urea groups is 1. The van der Waals surface area contributed by atoms with E-state index in [1.54, 1.807) is 12.1 Å². The average molecular weight is 338 g/mol. The van der Waals surface area contributed by atoms with Crippen molar-refractivity contribution < 1.29 is 14.3 Å². The first-order valence-corrected chi connectivity index (χ1v) is 8.47. The summed E-state index contributed by atoms with van der Waals surface area (Å²) < 4.78 is 4.67. The van der Waals surface area contributed by atoms with E-state index in [0.717, 1.165) is 24.8 Å². The zero-order chi connectivity index (χ0) is 17.6. The molecule has 0 aliphatic heterocycles. The van der Waals surface area contributed by atoms with Gasteiger partial charge in [-0.05, 0) is 48.1 Å². The molecule has 2 aromatic rings. The summed E-state index contributed by atoms with van der Waals surface area (Å²) in [7, 11) is 1.35. The fourth-order valence-corrected chi connectivity index (χ4v) is 3.17. The summed E-state index contributed by atoms with van der Waals surface area (Å²) in [5.41, 5.74) is 3.95. The van der Waals surface area contributed by atoms with Crippen LogP contribution in [0.2, 0.25) is 0 Å². The van der Waals surface area contributed by atoms with Gasteiger partial charge in [0.15, 0.2) is 0 Å². The van der Waals surface area contributed by atoms with Gasteiger partial charge in [0, 0.05) is 6.54 Å². The lowest BCUT2D eigenvalue weighted by Crippen LogP contribution is -2.38. The number of carbonyl (C=O) groups excluding carboxylic acids is 2. The summed E-state index contributed by atoms with van der Waals surface area (Å²) in [6.07, 6.45) is 3.11. The van der Waals surface area contributed by atoms with E-state index < -0.39 is 0 Å².